The van der Waals surface area contributed by atoms with E-state index in [4.69, 9.17) is 17.0 Å². The van der Waals surface area contributed by atoms with Crippen LogP contribution in [0.4, 0.5) is 0 Å². The SMILES string of the molecule is S=C1NC(c2ccccc2)N=C2Oc3ccc(Br)cc3C=C12. The zero-order chi connectivity index (χ0) is 15.1. The van der Waals surface area contributed by atoms with E-state index in [1.165, 1.54) is 0 Å². The molecule has 0 aliphatic carbocycles. The highest BCUT2D eigenvalue weighted by Gasteiger charge is 2.29. The Hall–Kier alpha value is -1.98. The van der Waals surface area contributed by atoms with Gasteiger partial charge in [0.15, 0.2) is 0 Å². The Labute approximate surface area is 141 Å². The van der Waals surface area contributed by atoms with E-state index < -0.39 is 0 Å². The number of ether oxygens (including phenoxy) is 1. The van der Waals surface area contributed by atoms with Crippen LogP contribution in [0.25, 0.3) is 6.08 Å². The zero-order valence-corrected chi connectivity index (χ0v) is 13.8. The van der Waals surface area contributed by atoms with Crippen LogP contribution in [0.3, 0.4) is 0 Å². The van der Waals surface area contributed by atoms with E-state index in [1.54, 1.807) is 0 Å². The monoisotopic (exact) mass is 370 g/mol. The number of rotatable bonds is 1. The average molecular weight is 371 g/mol. The molecule has 0 saturated heterocycles. The number of hydrogen-bond donors (Lipinski definition) is 1. The highest BCUT2D eigenvalue weighted by molar-refractivity contribution is 9.10. The molecule has 3 nitrogen and oxygen atoms in total. The maximum Gasteiger partial charge on any atom is 0.227 e. The van der Waals surface area contributed by atoms with Gasteiger partial charge in [-0.15, -0.1) is 0 Å². The van der Waals surface area contributed by atoms with Crippen LogP contribution in [0.5, 0.6) is 5.75 Å². The number of thiocarbonyl (C=S) groups is 1. The summed E-state index contributed by atoms with van der Waals surface area (Å²) in [5.41, 5.74) is 2.88. The topological polar surface area (TPSA) is 33.6 Å². The third-order valence-electron chi connectivity index (χ3n) is 3.58. The highest BCUT2D eigenvalue weighted by atomic mass is 79.9. The summed E-state index contributed by atoms with van der Waals surface area (Å²) >= 11 is 8.96. The molecule has 0 radical (unpaired) electrons. The second-order valence-electron chi connectivity index (χ2n) is 5.06. The molecule has 2 heterocycles. The van der Waals surface area contributed by atoms with Gasteiger partial charge in [-0.05, 0) is 29.8 Å². The van der Waals surface area contributed by atoms with Gasteiger partial charge in [-0.25, -0.2) is 4.99 Å². The Morgan fingerprint density at radius 3 is 2.77 bits per heavy atom. The molecule has 0 saturated carbocycles. The molecule has 108 valence electrons. The van der Waals surface area contributed by atoms with E-state index in [2.05, 4.69) is 26.2 Å². The van der Waals surface area contributed by atoms with Gasteiger partial charge in [0, 0.05) is 10.0 Å². The van der Waals surface area contributed by atoms with Gasteiger partial charge in [-0.2, -0.15) is 0 Å². The van der Waals surface area contributed by atoms with Gasteiger partial charge >= 0.3 is 0 Å². The lowest BCUT2D eigenvalue weighted by atomic mass is 10.0. The number of halogens is 1. The first kappa shape index (κ1) is 13.7. The van der Waals surface area contributed by atoms with Crippen LogP contribution in [0.1, 0.15) is 17.3 Å². The van der Waals surface area contributed by atoms with Gasteiger partial charge in [0.25, 0.3) is 0 Å². The molecule has 5 heteroatoms. The normalized spacial score (nSPS) is 19.1. The molecule has 1 N–H and O–H groups in total. The largest absolute Gasteiger partial charge is 0.438 e. The van der Waals surface area contributed by atoms with Gasteiger partial charge in [0.2, 0.25) is 5.90 Å². The minimum absolute atomic E-state index is 0.210. The molecule has 2 aliphatic rings. The lowest BCUT2D eigenvalue weighted by Crippen LogP contribution is -2.38. The fraction of sp³-hybridized carbons (Fsp3) is 0.0588. The summed E-state index contributed by atoms with van der Waals surface area (Å²) in [7, 11) is 0. The number of benzene rings is 2. The standard InChI is InChI=1S/C17H11BrN2OS/c18-12-6-7-14-11(8-12)9-13-16(21-14)19-15(20-17(13)22)10-4-2-1-3-5-10/h1-9,15H,(H,20,22). The van der Waals surface area contributed by atoms with Crippen LogP contribution >= 0.6 is 28.1 Å². The maximum atomic E-state index is 5.95. The van der Waals surface area contributed by atoms with Crippen molar-refractivity contribution >= 4 is 45.1 Å². The van der Waals surface area contributed by atoms with Crippen molar-refractivity contribution in [1.82, 2.24) is 5.32 Å². The van der Waals surface area contributed by atoms with Crippen molar-refractivity contribution in [3.8, 4) is 5.75 Å². The molecular weight excluding hydrogens is 360 g/mol. The number of nitrogens with one attached hydrogen (secondary N) is 1. The number of nitrogens with zero attached hydrogens (tertiary/aromatic N) is 1. The molecule has 22 heavy (non-hydrogen) atoms. The number of aliphatic imine (C=N–C) groups is 1. The number of fused-ring (bicyclic) bond motifs is 2. The summed E-state index contributed by atoms with van der Waals surface area (Å²) in [6.07, 6.45) is 1.80. The first-order chi connectivity index (χ1) is 10.7. The Morgan fingerprint density at radius 1 is 1.14 bits per heavy atom. The van der Waals surface area contributed by atoms with E-state index in [9.17, 15) is 0 Å². The molecule has 0 amide bonds. The van der Waals surface area contributed by atoms with Gasteiger partial charge in [-0.3, -0.25) is 0 Å². The van der Waals surface area contributed by atoms with Crippen LogP contribution in [0.2, 0.25) is 0 Å². The van der Waals surface area contributed by atoms with E-state index in [0.717, 1.165) is 26.9 Å². The second-order valence-corrected chi connectivity index (χ2v) is 6.39. The van der Waals surface area contributed by atoms with E-state index >= 15 is 0 Å². The lowest BCUT2D eigenvalue weighted by molar-refractivity contribution is 0.523. The predicted octanol–water partition coefficient (Wildman–Crippen LogP) is 4.25. The van der Waals surface area contributed by atoms with Gasteiger partial charge < -0.3 is 10.1 Å². The van der Waals surface area contributed by atoms with Crippen molar-refractivity contribution in [2.24, 2.45) is 4.99 Å². The summed E-state index contributed by atoms with van der Waals surface area (Å²) in [5.74, 6) is 1.37. The molecular formula is C17H11BrN2OS. The van der Waals surface area contributed by atoms with E-state index in [-0.39, 0.29) is 6.17 Å². The van der Waals surface area contributed by atoms with Crippen LogP contribution in [0.15, 0.2) is 63.6 Å². The van der Waals surface area contributed by atoms with Gasteiger partial charge in [0.05, 0.1) is 5.57 Å². The van der Waals surface area contributed by atoms with Crippen LogP contribution < -0.4 is 10.1 Å². The third kappa shape index (κ3) is 2.36. The van der Waals surface area contributed by atoms with Crippen LogP contribution in [-0.2, 0) is 0 Å². The van der Waals surface area contributed by atoms with Gasteiger partial charge in [0.1, 0.15) is 16.9 Å². The fourth-order valence-electron chi connectivity index (χ4n) is 2.50. The fourth-order valence-corrected chi connectivity index (χ4v) is 3.14. The van der Waals surface area contributed by atoms with Crippen molar-refractivity contribution < 1.29 is 4.74 Å². The Kier molecular flexibility index (Phi) is 3.32. The summed E-state index contributed by atoms with van der Waals surface area (Å²) in [6.45, 7) is 0. The van der Waals surface area contributed by atoms with Crippen molar-refractivity contribution in [2.45, 2.75) is 6.17 Å². The smallest absolute Gasteiger partial charge is 0.227 e. The number of hydrogen-bond acceptors (Lipinski definition) is 3. The summed E-state index contributed by atoms with van der Waals surface area (Å²) in [6, 6.07) is 15.9. The van der Waals surface area contributed by atoms with Crippen molar-refractivity contribution in [1.29, 1.82) is 0 Å². The Bertz CT molecular complexity index is 830. The molecule has 0 bridgehead atoms. The Morgan fingerprint density at radius 2 is 1.95 bits per heavy atom. The molecule has 1 atom stereocenters. The predicted molar refractivity (Wildman–Crippen MR) is 95.1 cm³/mol. The highest BCUT2D eigenvalue weighted by Crippen LogP contribution is 2.33. The zero-order valence-electron chi connectivity index (χ0n) is 11.4. The minimum Gasteiger partial charge on any atom is -0.438 e. The average Bonchev–Trinajstić information content (AvgIpc) is 2.54. The molecule has 1 unspecified atom stereocenters. The third-order valence-corrected chi connectivity index (χ3v) is 4.41. The molecule has 4 rings (SSSR count). The van der Waals surface area contributed by atoms with Crippen molar-refractivity contribution in [3.63, 3.8) is 0 Å². The minimum atomic E-state index is -0.210. The summed E-state index contributed by atoms with van der Waals surface area (Å²) in [4.78, 5) is 5.32. The molecule has 2 aliphatic heterocycles. The molecule has 0 spiro atoms. The Balaban J connectivity index is 1.77. The van der Waals surface area contributed by atoms with Crippen molar-refractivity contribution in [3.05, 3.63) is 69.7 Å². The van der Waals surface area contributed by atoms with Crippen LogP contribution in [-0.4, -0.2) is 10.9 Å². The van der Waals surface area contributed by atoms with E-state index in [1.807, 2.05) is 54.6 Å². The summed E-state index contributed by atoms with van der Waals surface area (Å²) < 4.78 is 6.95. The second kappa shape index (κ2) is 5.34. The first-order valence-corrected chi connectivity index (χ1v) is 8.04. The quantitative estimate of drug-likeness (QED) is 0.761. The summed E-state index contributed by atoms with van der Waals surface area (Å²) in [5, 5.41) is 3.26. The van der Waals surface area contributed by atoms with Crippen molar-refractivity contribution in [2.75, 3.05) is 0 Å². The molecule has 2 aromatic rings. The van der Waals surface area contributed by atoms with Crippen LogP contribution in [0, 0.1) is 0 Å². The molecule has 0 aromatic heterocycles. The lowest BCUT2D eigenvalue weighted by Gasteiger charge is -2.28. The first-order valence-electron chi connectivity index (χ1n) is 6.84. The van der Waals surface area contributed by atoms with Gasteiger partial charge in [-0.1, -0.05) is 58.5 Å². The molecule has 0 fully saturated rings. The maximum absolute atomic E-state index is 5.95. The van der Waals surface area contributed by atoms with E-state index in [0.29, 0.717) is 10.9 Å². The molecule has 2 aromatic carbocycles.